The van der Waals surface area contributed by atoms with Crippen LogP contribution in [0.2, 0.25) is 0 Å². The molecule has 3 amide bonds. The zero-order chi connectivity index (χ0) is 17.6. The molecule has 8 nitrogen and oxygen atoms in total. The normalized spacial score (nSPS) is 21.9. The van der Waals surface area contributed by atoms with Gasteiger partial charge in [0.1, 0.15) is 6.04 Å². The van der Waals surface area contributed by atoms with Crippen LogP contribution in [0.25, 0.3) is 0 Å². The summed E-state index contributed by atoms with van der Waals surface area (Å²) in [7, 11) is 1.24. The van der Waals surface area contributed by atoms with Crippen LogP contribution in [0.5, 0.6) is 0 Å². The van der Waals surface area contributed by atoms with Gasteiger partial charge in [-0.3, -0.25) is 9.59 Å². The van der Waals surface area contributed by atoms with E-state index in [0.717, 1.165) is 0 Å². The lowest BCUT2D eigenvalue weighted by Crippen LogP contribution is -2.55. The predicted molar refractivity (Wildman–Crippen MR) is 83.7 cm³/mol. The van der Waals surface area contributed by atoms with E-state index < -0.39 is 24.1 Å². The van der Waals surface area contributed by atoms with Gasteiger partial charge < -0.3 is 25.4 Å². The van der Waals surface area contributed by atoms with Gasteiger partial charge in [-0.05, 0) is 19.8 Å². The lowest BCUT2D eigenvalue weighted by Gasteiger charge is -2.25. The van der Waals surface area contributed by atoms with Crippen molar-refractivity contribution in [2.24, 2.45) is 11.8 Å². The third-order valence-electron chi connectivity index (χ3n) is 3.58. The Labute approximate surface area is 136 Å². The average molecular weight is 329 g/mol. The predicted octanol–water partition coefficient (Wildman–Crippen LogP) is 0.0228. The van der Waals surface area contributed by atoms with Crippen LogP contribution in [0.15, 0.2) is 0 Å². The molecular weight excluding hydrogens is 302 g/mol. The van der Waals surface area contributed by atoms with Crippen LogP contribution in [-0.2, 0) is 19.1 Å². The van der Waals surface area contributed by atoms with Crippen LogP contribution in [0.4, 0.5) is 4.79 Å². The first-order valence-corrected chi connectivity index (χ1v) is 7.79. The van der Waals surface area contributed by atoms with Gasteiger partial charge in [-0.25, -0.2) is 4.79 Å². The SMILES string of the molecule is COC(=O)N[C@H](C(=O)N[C@H]1COC[C@@H]1C(=O)NC(C)C)C(C)C. The molecule has 0 unspecified atom stereocenters. The molecule has 0 saturated carbocycles. The number of rotatable bonds is 6. The molecule has 1 aliphatic heterocycles. The molecule has 3 N–H and O–H groups in total. The zero-order valence-electron chi connectivity index (χ0n) is 14.3. The smallest absolute Gasteiger partial charge is 0.407 e. The van der Waals surface area contributed by atoms with Crippen molar-refractivity contribution in [3.63, 3.8) is 0 Å². The summed E-state index contributed by atoms with van der Waals surface area (Å²) in [5, 5.41) is 8.12. The van der Waals surface area contributed by atoms with Gasteiger partial charge in [0.15, 0.2) is 0 Å². The van der Waals surface area contributed by atoms with Gasteiger partial charge in [-0.2, -0.15) is 0 Å². The average Bonchev–Trinajstić information content (AvgIpc) is 2.91. The summed E-state index contributed by atoms with van der Waals surface area (Å²) < 4.78 is 9.86. The van der Waals surface area contributed by atoms with Crippen molar-refractivity contribution in [1.29, 1.82) is 0 Å². The summed E-state index contributed by atoms with van der Waals surface area (Å²) in [5.74, 6) is -1.07. The molecule has 3 atom stereocenters. The number of carbonyl (C=O) groups excluding carboxylic acids is 3. The van der Waals surface area contributed by atoms with E-state index in [-0.39, 0.29) is 37.0 Å². The van der Waals surface area contributed by atoms with Gasteiger partial charge in [0.05, 0.1) is 32.3 Å². The van der Waals surface area contributed by atoms with E-state index in [0.29, 0.717) is 0 Å². The van der Waals surface area contributed by atoms with Gasteiger partial charge in [-0.1, -0.05) is 13.8 Å². The highest BCUT2D eigenvalue weighted by Gasteiger charge is 2.37. The Bertz CT molecular complexity index is 439. The summed E-state index contributed by atoms with van der Waals surface area (Å²) in [4.78, 5) is 35.9. The molecule has 0 aliphatic carbocycles. The molecular formula is C15H27N3O5. The number of nitrogens with one attached hydrogen (secondary N) is 3. The largest absolute Gasteiger partial charge is 0.453 e. The van der Waals surface area contributed by atoms with Crippen LogP contribution >= 0.6 is 0 Å². The molecule has 0 aromatic heterocycles. The van der Waals surface area contributed by atoms with E-state index in [1.54, 1.807) is 0 Å². The number of hydrogen-bond donors (Lipinski definition) is 3. The van der Waals surface area contributed by atoms with Crippen molar-refractivity contribution in [1.82, 2.24) is 16.0 Å². The van der Waals surface area contributed by atoms with Crippen LogP contribution in [0.1, 0.15) is 27.7 Å². The molecule has 132 valence electrons. The maximum Gasteiger partial charge on any atom is 0.407 e. The van der Waals surface area contributed by atoms with Gasteiger partial charge in [0.25, 0.3) is 0 Å². The molecule has 1 aliphatic rings. The monoisotopic (exact) mass is 329 g/mol. The molecule has 8 heteroatoms. The third kappa shape index (κ3) is 5.70. The number of alkyl carbamates (subject to hydrolysis) is 1. The minimum atomic E-state index is -0.739. The first-order chi connectivity index (χ1) is 10.8. The lowest BCUT2D eigenvalue weighted by molar-refractivity contribution is -0.127. The Hall–Kier alpha value is -1.83. The maximum absolute atomic E-state index is 12.4. The summed E-state index contributed by atoms with van der Waals surface area (Å²) in [6, 6.07) is -1.14. The Kier molecular flexibility index (Phi) is 7.28. The molecule has 1 heterocycles. The number of amides is 3. The first-order valence-electron chi connectivity index (χ1n) is 7.79. The zero-order valence-corrected chi connectivity index (χ0v) is 14.3. The first kappa shape index (κ1) is 19.2. The second-order valence-electron chi connectivity index (χ2n) is 6.28. The Morgan fingerprint density at radius 1 is 1.09 bits per heavy atom. The van der Waals surface area contributed by atoms with Crippen LogP contribution in [-0.4, -0.2) is 56.4 Å². The maximum atomic E-state index is 12.4. The van der Waals surface area contributed by atoms with Crippen LogP contribution < -0.4 is 16.0 Å². The van der Waals surface area contributed by atoms with Gasteiger partial charge in [-0.15, -0.1) is 0 Å². The fraction of sp³-hybridized carbons (Fsp3) is 0.800. The fourth-order valence-corrected chi connectivity index (χ4v) is 2.34. The molecule has 23 heavy (non-hydrogen) atoms. The van der Waals surface area contributed by atoms with E-state index in [2.05, 4.69) is 20.7 Å². The highest BCUT2D eigenvalue weighted by atomic mass is 16.5. The molecule has 0 radical (unpaired) electrons. The quantitative estimate of drug-likeness (QED) is 0.637. The summed E-state index contributed by atoms with van der Waals surface area (Å²) in [5.41, 5.74) is 0. The number of methoxy groups -OCH3 is 1. The Balaban J connectivity index is 2.69. The van der Waals surface area contributed by atoms with E-state index in [9.17, 15) is 14.4 Å². The van der Waals surface area contributed by atoms with Crippen molar-refractivity contribution in [2.75, 3.05) is 20.3 Å². The standard InChI is InChI=1S/C15H27N3O5/c1-8(2)12(18-15(21)22-5)14(20)17-11-7-23-6-10(11)13(19)16-9(3)4/h8-12H,6-7H2,1-5H3,(H,16,19)(H,17,20)(H,18,21)/t10-,11-,12-/m0/s1. The number of hydrogen-bond acceptors (Lipinski definition) is 5. The van der Waals surface area contributed by atoms with Crippen molar-refractivity contribution in [2.45, 2.75) is 45.8 Å². The van der Waals surface area contributed by atoms with Crippen molar-refractivity contribution >= 4 is 17.9 Å². The van der Waals surface area contributed by atoms with Gasteiger partial charge >= 0.3 is 6.09 Å². The van der Waals surface area contributed by atoms with Crippen LogP contribution in [0.3, 0.4) is 0 Å². The summed E-state index contributed by atoms with van der Waals surface area (Å²) in [6.45, 7) is 7.90. The van der Waals surface area contributed by atoms with Gasteiger partial charge in [0, 0.05) is 6.04 Å². The third-order valence-corrected chi connectivity index (χ3v) is 3.58. The summed E-state index contributed by atoms with van der Waals surface area (Å²) >= 11 is 0. The molecule has 1 saturated heterocycles. The minimum Gasteiger partial charge on any atom is -0.453 e. The molecule has 0 spiro atoms. The van der Waals surface area contributed by atoms with E-state index in [1.165, 1.54) is 7.11 Å². The van der Waals surface area contributed by atoms with Crippen molar-refractivity contribution in [3.05, 3.63) is 0 Å². The highest BCUT2D eigenvalue weighted by molar-refractivity contribution is 5.87. The Morgan fingerprint density at radius 2 is 1.74 bits per heavy atom. The molecule has 1 fully saturated rings. The minimum absolute atomic E-state index is 0.0175. The second kappa shape index (κ2) is 8.71. The molecule has 0 bridgehead atoms. The van der Waals surface area contributed by atoms with Crippen molar-refractivity contribution < 1.29 is 23.9 Å². The summed E-state index contributed by atoms with van der Waals surface area (Å²) in [6.07, 6.45) is -0.671. The van der Waals surface area contributed by atoms with Crippen LogP contribution in [0, 0.1) is 11.8 Å². The number of carbonyl (C=O) groups is 3. The van der Waals surface area contributed by atoms with Crippen molar-refractivity contribution in [3.8, 4) is 0 Å². The molecule has 1 rings (SSSR count). The topological polar surface area (TPSA) is 106 Å². The molecule has 0 aromatic carbocycles. The van der Waals surface area contributed by atoms with E-state index in [4.69, 9.17) is 4.74 Å². The van der Waals surface area contributed by atoms with E-state index >= 15 is 0 Å². The fourth-order valence-electron chi connectivity index (χ4n) is 2.34. The highest BCUT2D eigenvalue weighted by Crippen LogP contribution is 2.15. The van der Waals surface area contributed by atoms with Gasteiger partial charge in [0.2, 0.25) is 11.8 Å². The second-order valence-corrected chi connectivity index (χ2v) is 6.28. The number of ether oxygens (including phenoxy) is 2. The Morgan fingerprint density at radius 3 is 2.26 bits per heavy atom. The lowest BCUT2D eigenvalue weighted by atomic mass is 9.99. The molecule has 0 aromatic rings. The van der Waals surface area contributed by atoms with E-state index in [1.807, 2.05) is 27.7 Å².